The molecule has 1 saturated carbocycles. The molecule has 76 valence electrons. The molecule has 1 aliphatic carbocycles. The van der Waals surface area contributed by atoms with Crippen LogP contribution in [-0.4, -0.2) is 29.7 Å². The van der Waals surface area contributed by atoms with Crippen LogP contribution >= 0.6 is 0 Å². The normalized spacial score (nSPS) is 20.5. The predicted octanol–water partition coefficient (Wildman–Crippen LogP) is 1.29. The van der Waals surface area contributed by atoms with Crippen molar-refractivity contribution in [1.82, 2.24) is 0 Å². The smallest absolute Gasteiger partial charge is 0.189 e. The molecular weight excluding hydrogens is 168 g/mol. The van der Waals surface area contributed by atoms with Crippen LogP contribution in [0.15, 0.2) is 0 Å². The highest BCUT2D eigenvalue weighted by Gasteiger charge is 2.38. The fourth-order valence-corrected chi connectivity index (χ4v) is 1.68. The Labute approximate surface area is 79.1 Å². The van der Waals surface area contributed by atoms with Crippen molar-refractivity contribution in [2.45, 2.75) is 44.6 Å². The van der Waals surface area contributed by atoms with Crippen molar-refractivity contribution < 1.29 is 14.6 Å². The highest BCUT2D eigenvalue weighted by molar-refractivity contribution is 5.88. The fourth-order valence-electron chi connectivity index (χ4n) is 1.68. The topological polar surface area (TPSA) is 46.5 Å². The zero-order valence-corrected chi connectivity index (χ0v) is 8.21. The summed E-state index contributed by atoms with van der Waals surface area (Å²) in [6, 6.07) is 0. The van der Waals surface area contributed by atoms with Crippen LogP contribution in [0.5, 0.6) is 0 Å². The average Bonchev–Trinajstić information content (AvgIpc) is 2.54. The molecule has 3 nitrogen and oxygen atoms in total. The van der Waals surface area contributed by atoms with Gasteiger partial charge in [-0.25, -0.2) is 0 Å². The van der Waals surface area contributed by atoms with Gasteiger partial charge >= 0.3 is 0 Å². The van der Waals surface area contributed by atoms with Gasteiger partial charge in [-0.2, -0.15) is 0 Å². The van der Waals surface area contributed by atoms with Crippen molar-refractivity contribution in [3.8, 4) is 0 Å². The van der Waals surface area contributed by atoms with E-state index in [0.29, 0.717) is 19.4 Å². The van der Waals surface area contributed by atoms with E-state index in [1.165, 1.54) is 0 Å². The van der Waals surface area contributed by atoms with Gasteiger partial charge in [0.05, 0.1) is 0 Å². The first-order valence-corrected chi connectivity index (χ1v) is 5.02. The molecule has 0 amide bonds. The maximum Gasteiger partial charge on any atom is 0.189 e. The van der Waals surface area contributed by atoms with Gasteiger partial charge in [-0.05, 0) is 32.1 Å². The second-order valence-electron chi connectivity index (χ2n) is 3.71. The molecule has 3 heteroatoms. The van der Waals surface area contributed by atoms with Gasteiger partial charge in [0.15, 0.2) is 5.78 Å². The summed E-state index contributed by atoms with van der Waals surface area (Å²) in [5.41, 5.74) is -1.06. The molecule has 1 aliphatic rings. The van der Waals surface area contributed by atoms with Crippen molar-refractivity contribution in [2.24, 2.45) is 0 Å². The van der Waals surface area contributed by atoms with Gasteiger partial charge in [-0.3, -0.25) is 4.79 Å². The van der Waals surface area contributed by atoms with E-state index in [1.54, 1.807) is 0 Å². The first-order chi connectivity index (χ1) is 6.19. The quantitative estimate of drug-likeness (QED) is 0.658. The van der Waals surface area contributed by atoms with Crippen LogP contribution in [0.25, 0.3) is 0 Å². The third kappa shape index (κ3) is 2.78. The lowest BCUT2D eigenvalue weighted by Crippen LogP contribution is -2.38. The lowest BCUT2D eigenvalue weighted by molar-refractivity contribution is -0.141. The van der Waals surface area contributed by atoms with Crippen LogP contribution in [0, 0.1) is 0 Å². The Morgan fingerprint density at radius 1 is 1.46 bits per heavy atom. The third-order valence-electron chi connectivity index (χ3n) is 2.53. The summed E-state index contributed by atoms with van der Waals surface area (Å²) < 4.78 is 5.11. The summed E-state index contributed by atoms with van der Waals surface area (Å²) in [6.45, 7) is 2.67. The molecule has 1 fully saturated rings. The maximum absolute atomic E-state index is 11.5. The summed E-state index contributed by atoms with van der Waals surface area (Å²) in [5, 5.41) is 9.83. The zero-order chi connectivity index (χ0) is 9.73. The van der Waals surface area contributed by atoms with Crippen LogP contribution in [0.3, 0.4) is 0 Å². The third-order valence-corrected chi connectivity index (χ3v) is 2.53. The molecule has 0 aliphatic heterocycles. The number of aliphatic hydroxyl groups is 1. The lowest BCUT2D eigenvalue weighted by atomic mass is 9.97. The molecule has 0 unspecified atom stereocenters. The molecule has 0 heterocycles. The van der Waals surface area contributed by atoms with Crippen molar-refractivity contribution in [2.75, 3.05) is 13.2 Å². The minimum atomic E-state index is -1.06. The van der Waals surface area contributed by atoms with Crippen LogP contribution in [-0.2, 0) is 9.53 Å². The summed E-state index contributed by atoms with van der Waals surface area (Å²) >= 11 is 0. The van der Waals surface area contributed by atoms with Gasteiger partial charge in [-0.1, -0.05) is 6.92 Å². The molecule has 0 aromatic rings. The molecule has 0 bridgehead atoms. The minimum Gasteiger partial charge on any atom is -0.382 e. The standard InChI is InChI=1S/C10H18O3/c1-2-7-13-8-9(11)10(12)5-3-4-6-10/h12H,2-8H2,1H3. The van der Waals surface area contributed by atoms with Crippen molar-refractivity contribution in [3.63, 3.8) is 0 Å². The zero-order valence-electron chi connectivity index (χ0n) is 8.21. The number of carbonyl (C=O) groups excluding carboxylic acids is 1. The molecule has 0 radical (unpaired) electrons. The van der Waals surface area contributed by atoms with Gasteiger partial charge in [-0.15, -0.1) is 0 Å². The second-order valence-corrected chi connectivity index (χ2v) is 3.71. The first kappa shape index (κ1) is 10.7. The lowest BCUT2D eigenvalue weighted by Gasteiger charge is -2.19. The Morgan fingerprint density at radius 3 is 2.62 bits per heavy atom. The number of carbonyl (C=O) groups is 1. The molecule has 0 aromatic heterocycles. The largest absolute Gasteiger partial charge is 0.382 e. The van der Waals surface area contributed by atoms with Gasteiger partial charge in [0.1, 0.15) is 12.2 Å². The number of Topliss-reactive ketones (excluding diaryl/α,β-unsaturated/α-hetero) is 1. The Kier molecular flexibility index (Phi) is 3.88. The summed E-state index contributed by atoms with van der Waals surface area (Å²) in [4.78, 5) is 11.5. The van der Waals surface area contributed by atoms with Crippen LogP contribution in [0.4, 0.5) is 0 Å². The van der Waals surface area contributed by atoms with Gasteiger partial charge in [0.25, 0.3) is 0 Å². The number of hydrogen-bond acceptors (Lipinski definition) is 3. The van der Waals surface area contributed by atoms with Crippen LogP contribution in [0.2, 0.25) is 0 Å². The van der Waals surface area contributed by atoms with E-state index in [4.69, 9.17) is 4.74 Å². The van der Waals surface area contributed by atoms with E-state index < -0.39 is 5.60 Å². The monoisotopic (exact) mass is 186 g/mol. The van der Waals surface area contributed by atoms with Crippen molar-refractivity contribution in [3.05, 3.63) is 0 Å². The van der Waals surface area contributed by atoms with E-state index >= 15 is 0 Å². The SMILES string of the molecule is CCCOCC(=O)C1(O)CCCC1. The molecule has 0 spiro atoms. The number of ketones is 1. The van der Waals surface area contributed by atoms with Crippen molar-refractivity contribution in [1.29, 1.82) is 0 Å². The van der Waals surface area contributed by atoms with E-state index in [0.717, 1.165) is 19.3 Å². The molecule has 0 atom stereocenters. The summed E-state index contributed by atoms with van der Waals surface area (Å²) in [7, 11) is 0. The Morgan fingerprint density at radius 2 is 2.08 bits per heavy atom. The second kappa shape index (κ2) is 4.72. The molecule has 1 rings (SSSR count). The van der Waals surface area contributed by atoms with Crippen LogP contribution < -0.4 is 0 Å². The van der Waals surface area contributed by atoms with E-state index in [-0.39, 0.29) is 12.4 Å². The van der Waals surface area contributed by atoms with Gasteiger partial charge in [0, 0.05) is 6.61 Å². The number of rotatable bonds is 5. The van der Waals surface area contributed by atoms with E-state index in [1.807, 2.05) is 6.92 Å². The van der Waals surface area contributed by atoms with E-state index in [2.05, 4.69) is 0 Å². The van der Waals surface area contributed by atoms with E-state index in [9.17, 15) is 9.90 Å². The number of ether oxygens (including phenoxy) is 1. The Balaban J connectivity index is 2.29. The fraction of sp³-hybridized carbons (Fsp3) is 0.900. The molecular formula is C10H18O3. The molecule has 1 N–H and O–H groups in total. The molecule has 0 aromatic carbocycles. The number of hydrogen-bond donors (Lipinski definition) is 1. The summed E-state index contributed by atoms with van der Waals surface area (Å²) in [5.74, 6) is -0.140. The predicted molar refractivity (Wildman–Crippen MR) is 49.5 cm³/mol. The minimum absolute atomic E-state index is 0.0737. The highest BCUT2D eigenvalue weighted by atomic mass is 16.5. The Bertz CT molecular complexity index is 171. The van der Waals surface area contributed by atoms with Gasteiger partial charge < -0.3 is 9.84 Å². The summed E-state index contributed by atoms with van der Waals surface area (Å²) in [6.07, 6.45) is 4.04. The van der Waals surface area contributed by atoms with Gasteiger partial charge in [0.2, 0.25) is 0 Å². The van der Waals surface area contributed by atoms with Crippen LogP contribution in [0.1, 0.15) is 39.0 Å². The average molecular weight is 186 g/mol. The highest BCUT2D eigenvalue weighted by Crippen LogP contribution is 2.30. The molecule has 0 saturated heterocycles. The van der Waals surface area contributed by atoms with Crippen molar-refractivity contribution >= 4 is 5.78 Å². The Hall–Kier alpha value is -0.410. The first-order valence-electron chi connectivity index (χ1n) is 5.02. The molecule has 13 heavy (non-hydrogen) atoms. The maximum atomic E-state index is 11.5.